The lowest BCUT2D eigenvalue weighted by molar-refractivity contribution is -0.136. The number of nitriles is 1. The van der Waals surface area contributed by atoms with Gasteiger partial charge in [0.1, 0.15) is 17.4 Å². The summed E-state index contributed by atoms with van der Waals surface area (Å²) < 4.78 is 33.4. The number of amides is 3. The Morgan fingerprint density at radius 3 is 2.27 bits per heavy atom. The minimum Gasteiger partial charge on any atom is -0.410 e. The third kappa shape index (κ3) is 6.68. The molecule has 2 heterocycles. The van der Waals surface area contributed by atoms with Gasteiger partial charge in [-0.05, 0) is 86.0 Å². The highest BCUT2D eigenvalue weighted by molar-refractivity contribution is 6.30. The molecule has 2 aliphatic heterocycles. The van der Waals surface area contributed by atoms with E-state index >= 15 is 0 Å². The van der Waals surface area contributed by atoms with Crippen LogP contribution in [0.15, 0.2) is 66.7 Å². The van der Waals surface area contributed by atoms with Gasteiger partial charge in [0.05, 0.1) is 22.7 Å². The predicted octanol–water partition coefficient (Wildman–Crippen LogP) is 5.86. The maximum atomic E-state index is 14.5. The molecule has 228 valence electrons. The van der Waals surface area contributed by atoms with E-state index in [-0.39, 0.29) is 48.1 Å². The number of piperidine rings is 1. The lowest BCUT2D eigenvalue weighted by Gasteiger charge is -2.33. The topological polar surface area (TPSA) is 93.9 Å². The van der Waals surface area contributed by atoms with Crippen molar-refractivity contribution in [1.29, 1.82) is 5.26 Å². The van der Waals surface area contributed by atoms with Gasteiger partial charge in [-0.3, -0.25) is 9.59 Å². The second-order valence-electron chi connectivity index (χ2n) is 11.0. The average molecular weight is 621 g/mol. The number of likely N-dealkylation sites (N-methyl/N-ethyl adjacent to an activating group) is 1. The van der Waals surface area contributed by atoms with Crippen molar-refractivity contribution in [2.75, 3.05) is 32.7 Å². The van der Waals surface area contributed by atoms with Gasteiger partial charge in [0.15, 0.2) is 0 Å². The molecule has 3 amide bonds. The van der Waals surface area contributed by atoms with Gasteiger partial charge in [0, 0.05) is 50.1 Å². The summed E-state index contributed by atoms with van der Waals surface area (Å²) >= 11 is 5.94. The SMILES string of the molecule is CCN(C(=O)Oc1ccc(F)cc1)C1CN(C(=O)C2CCN(C(=O)c3ccc(C#N)cc3)CC2)CC1c1ccc(Cl)c(F)c1. The Bertz CT molecular complexity index is 1570. The van der Waals surface area contributed by atoms with Crippen LogP contribution in [0.1, 0.15) is 47.2 Å². The molecular weight excluding hydrogens is 590 g/mol. The van der Waals surface area contributed by atoms with Crippen molar-refractivity contribution in [2.24, 2.45) is 5.92 Å². The summed E-state index contributed by atoms with van der Waals surface area (Å²) in [5.41, 5.74) is 1.56. The fraction of sp³-hybridized carbons (Fsp3) is 0.333. The third-order valence-electron chi connectivity index (χ3n) is 8.36. The molecule has 2 unspecified atom stereocenters. The Morgan fingerprint density at radius 1 is 0.977 bits per heavy atom. The Hall–Kier alpha value is -4.49. The van der Waals surface area contributed by atoms with Crippen LogP contribution in [0, 0.1) is 28.9 Å². The lowest BCUT2D eigenvalue weighted by Crippen LogP contribution is -2.47. The number of rotatable bonds is 6. The van der Waals surface area contributed by atoms with Crippen LogP contribution in [-0.4, -0.2) is 71.4 Å². The van der Waals surface area contributed by atoms with E-state index in [0.29, 0.717) is 42.6 Å². The molecule has 2 saturated heterocycles. The summed E-state index contributed by atoms with van der Waals surface area (Å²) in [5, 5.41) is 8.98. The summed E-state index contributed by atoms with van der Waals surface area (Å²) in [6.45, 7) is 3.33. The van der Waals surface area contributed by atoms with Crippen molar-refractivity contribution in [3.8, 4) is 11.8 Å². The van der Waals surface area contributed by atoms with E-state index in [1.54, 1.807) is 47.1 Å². The number of likely N-dealkylation sites (tertiary alicyclic amines) is 2. The highest BCUT2D eigenvalue weighted by Crippen LogP contribution is 2.35. The number of ether oxygens (including phenoxy) is 1. The average Bonchev–Trinajstić information content (AvgIpc) is 3.48. The molecule has 0 radical (unpaired) electrons. The Kier molecular flexibility index (Phi) is 9.45. The van der Waals surface area contributed by atoms with E-state index in [9.17, 15) is 23.2 Å². The van der Waals surface area contributed by atoms with Crippen molar-refractivity contribution >= 4 is 29.5 Å². The van der Waals surface area contributed by atoms with E-state index in [4.69, 9.17) is 21.6 Å². The van der Waals surface area contributed by atoms with Gasteiger partial charge in [0.25, 0.3) is 5.91 Å². The molecule has 3 aromatic carbocycles. The van der Waals surface area contributed by atoms with Gasteiger partial charge < -0.3 is 19.4 Å². The zero-order chi connectivity index (χ0) is 31.4. The first-order valence-corrected chi connectivity index (χ1v) is 14.8. The molecule has 8 nitrogen and oxygen atoms in total. The molecule has 11 heteroatoms. The molecule has 0 saturated carbocycles. The van der Waals surface area contributed by atoms with Crippen LogP contribution in [-0.2, 0) is 4.79 Å². The van der Waals surface area contributed by atoms with Gasteiger partial charge in [-0.15, -0.1) is 0 Å². The molecule has 0 aromatic heterocycles. The molecule has 5 rings (SSSR count). The first-order valence-electron chi connectivity index (χ1n) is 14.5. The van der Waals surface area contributed by atoms with Crippen LogP contribution in [0.2, 0.25) is 5.02 Å². The van der Waals surface area contributed by atoms with Crippen LogP contribution < -0.4 is 4.74 Å². The zero-order valence-electron chi connectivity index (χ0n) is 24.1. The number of carbonyl (C=O) groups excluding carboxylic acids is 3. The molecule has 44 heavy (non-hydrogen) atoms. The van der Waals surface area contributed by atoms with E-state index in [0.717, 1.165) is 0 Å². The smallest absolute Gasteiger partial charge is 0.410 e. The number of hydrogen-bond donors (Lipinski definition) is 0. The maximum absolute atomic E-state index is 14.5. The lowest BCUT2D eigenvalue weighted by atomic mass is 9.93. The standard InChI is InChI=1S/C33H31ClF2N4O4/c1-2-40(33(43)44-26-10-8-25(35)9-11-26)30-20-39(19-27(30)24-7-12-28(34)29(36)17-24)32(42)23-13-15-38(16-14-23)31(41)22-5-3-21(18-37)4-6-22/h3-12,17,23,27,30H,2,13-16,19-20H2,1H3. The summed E-state index contributed by atoms with van der Waals surface area (Å²) in [5.74, 6) is -1.84. The minimum atomic E-state index is -0.660. The molecule has 2 fully saturated rings. The first kappa shape index (κ1) is 31.0. The highest BCUT2D eigenvalue weighted by Gasteiger charge is 2.43. The van der Waals surface area contributed by atoms with Crippen LogP contribution >= 0.6 is 11.6 Å². The Labute approximate surface area is 259 Å². The molecular formula is C33H31ClF2N4O4. The molecule has 0 bridgehead atoms. The monoisotopic (exact) mass is 620 g/mol. The van der Waals surface area contributed by atoms with Crippen molar-refractivity contribution in [2.45, 2.75) is 31.7 Å². The summed E-state index contributed by atoms with van der Waals surface area (Å²) in [4.78, 5) is 45.0. The fourth-order valence-corrected chi connectivity index (χ4v) is 6.09. The minimum absolute atomic E-state index is 0.0263. The maximum Gasteiger partial charge on any atom is 0.415 e. The largest absolute Gasteiger partial charge is 0.415 e. The van der Waals surface area contributed by atoms with Gasteiger partial charge >= 0.3 is 6.09 Å². The normalized spacial score (nSPS) is 18.5. The Morgan fingerprint density at radius 2 is 1.66 bits per heavy atom. The van der Waals surface area contributed by atoms with Crippen LogP contribution in [0.25, 0.3) is 0 Å². The predicted molar refractivity (Wildman–Crippen MR) is 159 cm³/mol. The zero-order valence-corrected chi connectivity index (χ0v) is 24.8. The highest BCUT2D eigenvalue weighted by atomic mass is 35.5. The number of benzene rings is 3. The van der Waals surface area contributed by atoms with E-state index < -0.39 is 29.7 Å². The molecule has 0 aliphatic carbocycles. The number of carbonyl (C=O) groups is 3. The first-order chi connectivity index (χ1) is 21.2. The van der Waals surface area contributed by atoms with Crippen LogP contribution in [0.5, 0.6) is 5.75 Å². The van der Waals surface area contributed by atoms with Gasteiger partial charge in [-0.1, -0.05) is 17.7 Å². The van der Waals surface area contributed by atoms with Crippen LogP contribution in [0.3, 0.4) is 0 Å². The van der Waals surface area contributed by atoms with Crippen molar-refractivity contribution in [3.63, 3.8) is 0 Å². The number of hydrogen-bond acceptors (Lipinski definition) is 5. The fourth-order valence-electron chi connectivity index (χ4n) is 5.97. The van der Waals surface area contributed by atoms with E-state index in [1.165, 1.54) is 41.3 Å². The second-order valence-corrected chi connectivity index (χ2v) is 11.4. The second kappa shape index (κ2) is 13.4. The number of nitrogens with zero attached hydrogens (tertiary/aromatic N) is 4. The molecule has 3 aromatic rings. The van der Waals surface area contributed by atoms with Crippen molar-refractivity contribution < 1.29 is 27.9 Å². The third-order valence-corrected chi connectivity index (χ3v) is 8.67. The molecule has 0 spiro atoms. The number of halogens is 3. The van der Waals surface area contributed by atoms with Crippen molar-refractivity contribution in [1.82, 2.24) is 14.7 Å². The van der Waals surface area contributed by atoms with E-state index in [1.807, 2.05) is 6.07 Å². The van der Waals surface area contributed by atoms with E-state index in [2.05, 4.69) is 0 Å². The summed E-state index contributed by atoms with van der Waals surface area (Å²) in [6.07, 6.45) is 0.297. The van der Waals surface area contributed by atoms with Crippen molar-refractivity contribution in [3.05, 3.63) is 100 Å². The Balaban J connectivity index is 1.30. The van der Waals surface area contributed by atoms with Gasteiger partial charge in [-0.2, -0.15) is 5.26 Å². The molecule has 2 aliphatic rings. The summed E-state index contributed by atoms with van der Waals surface area (Å²) in [6, 6.07) is 17.6. The quantitative estimate of drug-likeness (QED) is 0.344. The summed E-state index contributed by atoms with van der Waals surface area (Å²) in [7, 11) is 0. The van der Waals surface area contributed by atoms with Gasteiger partial charge in [-0.25, -0.2) is 13.6 Å². The molecule has 0 N–H and O–H groups in total. The van der Waals surface area contributed by atoms with Crippen LogP contribution in [0.4, 0.5) is 13.6 Å². The van der Waals surface area contributed by atoms with Gasteiger partial charge in [0.2, 0.25) is 5.91 Å². The molecule has 2 atom stereocenters.